The molecule has 0 fully saturated rings. The molecule has 1 amide bonds. The number of hydrogen-bond donors (Lipinski definition) is 1. The molecule has 25 heavy (non-hydrogen) atoms. The summed E-state index contributed by atoms with van der Waals surface area (Å²) in [5.41, 5.74) is 1.66. The third-order valence-corrected chi connectivity index (χ3v) is 4.71. The van der Waals surface area contributed by atoms with Crippen LogP contribution in [-0.4, -0.2) is 18.0 Å². The van der Waals surface area contributed by atoms with Crippen LogP contribution in [0.4, 0.5) is 10.1 Å². The first-order valence-electron chi connectivity index (χ1n) is 7.70. The van der Waals surface area contributed by atoms with Crippen LogP contribution in [0.15, 0.2) is 48.5 Å². The zero-order valence-corrected chi connectivity index (χ0v) is 14.5. The molecule has 0 aliphatic carbocycles. The SMILES string of the molecule is Cc1cccc(NC(=O)[C@@H](C)OC(=O)c2cc3cc(F)ccc3s2)c1. The van der Waals surface area contributed by atoms with Crippen molar-refractivity contribution in [1.82, 2.24) is 0 Å². The molecule has 0 spiro atoms. The molecular formula is C19H16FNO3S. The number of amides is 1. The van der Waals surface area contributed by atoms with E-state index in [4.69, 9.17) is 4.74 Å². The van der Waals surface area contributed by atoms with Crippen molar-refractivity contribution in [2.24, 2.45) is 0 Å². The molecule has 1 atom stereocenters. The van der Waals surface area contributed by atoms with Gasteiger partial charge in [-0.25, -0.2) is 9.18 Å². The Hall–Kier alpha value is -2.73. The van der Waals surface area contributed by atoms with Gasteiger partial charge in [0.1, 0.15) is 10.7 Å². The van der Waals surface area contributed by atoms with Gasteiger partial charge in [-0.3, -0.25) is 4.79 Å². The minimum atomic E-state index is -0.949. The van der Waals surface area contributed by atoms with Crippen LogP contribution < -0.4 is 5.32 Å². The van der Waals surface area contributed by atoms with Gasteiger partial charge in [-0.15, -0.1) is 11.3 Å². The number of carbonyl (C=O) groups excluding carboxylic acids is 2. The lowest BCUT2D eigenvalue weighted by Gasteiger charge is -2.13. The summed E-state index contributed by atoms with van der Waals surface area (Å²) in [5.74, 6) is -1.38. The molecular weight excluding hydrogens is 341 g/mol. The third-order valence-electron chi connectivity index (χ3n) is 3.62. The molecule has 1 N–H and O–H groups in total. The van der Waals surface area contributed by atoms with Gasteiger partial charge >= 0.3 is 5.97 Å². The van der Waals surface area contributed by atoms with Gasteiger partial charge in [-0.2, -0.15) is 0 Å². The second kappa shape index (κ2) is 7.03. The highest BCUT2D eigenvalue weighted by atomic mass is 32.1. The summed E-state index contributed by atoms with van der Waals surface area (Å²) < 4.78 is 19.2. The highest BCUT2D eigenvalue weighted by Crippen LogP contribution is 2.27. The fraction of sp³-hybridized carbons (Fsp3) is 0.158. The molecule has 0 bridgehead atoms. The van der Waals surface area contributed by atoms with Gasteiger partial charge in [-0.1, -0.05) is 12.1 Å². The number of halogens is 1. The number of nitrogens with one attached hydrogen (secondary N) is 1. The largest absolute Gasteiger partial charge is 0.448 e. The summed E-state index contributed by atoms with van der Waals surface area (Å²) in [6, 6.07) is 13.2. The maximum atomic E-state index is 13.2. The lowest BCUT2D eigenvalue weighted by atomic mass is 10.2. The average molecular weight is 357 g/mol. The molecule has 0 aliphatic heterocycles. The Morgan fingerprint density at radius 3 is 2.72 bits per heavy atom. The molecule has 0 aliphatic rings. The van der Waals surface area contributed by atoms with Gasteiger partial charge < -0.3 is 10.1 Å². The van der Waals surface area contributed by atoms with E-state index >= 15 is 0 Å². The summed E-state index contributed by atoms with van der Waals surface area (Å²) >= 11 is 1.20. The third kappa shape index (κ3) is 4.03. The van der Waals surface area contributed by atoms with Crippen LogP contribution in [0.1, 0.15) is 22.2 Å². The first-order chi connectivity index (χ1) is 11.9. The number of thiophene rings is 1. The summed E-state index contributed by atoms with van der Waals surface area (Å²) in [5, 5.41) is 3.34. The molecule has 3 rings (SSSR count). The summed E-state index contributed by atoms with van der Waals surface area (Å²) in [4.78, 5) is 24.7. The zero-order chi connectivity index (χ0) is 18.0. The molecule has 0 saturated carbocycles. The fourth-order valence-corrected chi connectivity index (χ4v) is 3.28. The van der Waals surface area contributed by atoms with E-state index in [0.29, 0.717) is 16.0 Å². The van der Waals surface area contributed by atoms with Crippen molar-refractivity contribution in [3.05, 3.63) is 64.8 Å². The van der Waals surface area contributed by atoms with Crippen LogP contribution in [0, 0.1) is 12.7 Å². The topological polar surface area (TPSA) is 55.4 Å². The zero-order valence-electron chi connectivity index (χ0n) is 13.7. The average Bonchev–Trinajstić information content (AvgIpc) is 2.98. The number of carbonyl (C=O) groups is 2. The molecule has 1 aromatic heterocycles. The Bertz CT molecular complexity index is 951. The maximum Gasteiger partial charge on any atom is 0.349 e. The minimum Gasteiger partial charge on any atom is -0.448 e. The van der Waals surface area contributed by atoms with Crippen molar-refractivity contribution in [3.8, 4) is 0 Å². The Balaban J connectivity index is 1.67. The second-order valence-electron chi connectivity index (χ2n) is 5.70. The molecule has 3 aromatic rings. The van der Waals surface area contributed by atoms with Crippen molar-refractivity contribution < 1.29 is 18.7 Å². The minimum absolute atomic E-state index is 0.329. The predicted octanol–water partition coefficient (Wildman–Crippen LogP) is 4.53. The van der Waals surface area contributed by atoms with Gasteiger partial charge in [0, 0.05) is 10.4 Å². The van der Waals surface area contributed by atoms with E-state index in [-0.39, 0.29) is 5.82 Å². The van der Waals surface area contributed by atoms with Crippen molar-refractivity contribution in [1.29, 1.82) is 0 Å². The van der Waals surface area contributed by atoms with Gasteiger partial charge in [0.05, 0.1) is 0 Å². The van der Waals surface area contributed by atoms with Gasteiger partial charge in [0.25, 0.3) is 5.91 Å². The van der Waals surface area contributed by atoms with Crippen LogP contribution in [0.3, 0.4) is 0 Å². The van der Waals surface area contributed by atoms with Gasteiger partial charge in [0.2, 0.25) is 0 Å². The van der Waals surface area contributed by atoms with E-state index in [1.165, 1.54) is 30.4 Å². The van der Waals surface area contributed by atoms with Crippen molar-refractivity contribution in [2.75, 3.05) is 5.32 Å². The van der Waals surface area contributed by atoms with Crippen LogP contribution in [0.25, 0.3) is 10.1 Å². The first-order valence-corrected chi connectivity index (χ1v) is 8.51. The molecule has 6 heteroatoms. The van der Waals surface area contributed by atoms with E-state index < -0.39 is 18.0 Å². The standard InChI is InChI=1S/C19H16FNO3S/c1-11-4-3-5-15(8-11)21-18(22)12(2)24-19(23)17-10-13-9-14(20)6-7-16(13)25-17/h3-10,12H,1-2H3,(H,21,22)/t12-/m1/s1. The smallest absolute Gasteiger partial charge is 0.349 e. The highest BCUT2D eigenvalue weighted by molar-refractivity contribution is 7.20. The number of fused-ring (bicyclic) bond motifs is 1. The maximum absolute atomic E-state index is 13.2. The molecule has 4 nitrogen and oxygen atoms in total. The predicted molar refractivity (Wildman–Crippen MR) is 96.5 cm³/mol. The quantitative estimate of drug-likeness (QED) is 0.698. The van der Waals surface area contributed by atoms with Gasteiger partial charge in [0.15, 0.2) is 6.10 Å². The monoisotopic (exact) mass is 357 g/mol. The Morgan fingerprint density at radius 1 is 1.16 bits per heavy atom. The van der Waals surface area contributed by atoms with E-state index in [0.717, 1.165) is 10.3 Å². The summed E-state index contributed by atoms with van der Waals surface area (Å²) in [6.07, 6.45) is -0.949. The molecule has 0 saturated heterocycles. The van der Waals surface area contributed by atoms with Crippen LogP contribution in [0.5, 0.6) is 0 Å². The molecule has 1 heterocycles. The highest BCUT2D eigenvalue weighted by Gasteiger charge is 2.20. The van der Waals surface area contributed by atoms with Crippen molar-refractivity contribution in [3.63, 3.8) is 0 Å². The van der Waals surface area contributed by atoms with Crippen LogP contribution >= 0.6 is 11.3 Å². The number of ether oxygens (including phenoxy) is 1. The van der Waals surface area contributed by atoms with Crippen molar-refractivity contribution in [2.45, 2.75) is 20.0 Å². The Kier molecular flexibility index (Phi) is 4.81. The summed E-state index contributed by atoms with van der Waals surface area (Å²) in [6.45, 7) is 3.43. The number of esters is 1. The number of benzene rings is 2. The lowest BCUT2D eigenvalue weighted by Crippen LogP contribution is -2.29. The number of anilines is 1. The van der Waals surface area contributed by atoms with Gasteiger partial charge in [-0.05, 0) is 61.2 Å². The van der Waals surface area contributed by atoms with E-state index in [1.807, 2.05) is 25.1 Å². The van der Waals surface area contributed by atoms with Crippen LogP contribution in [-0.2, 0) is 9.53 Å². The lowest BCUT2D eigenvalue weighted by molar-refractivity contribution is -0.123. The Labute approximate surface area is 148 Å². The second-order valence-corrected chi connectivity index (χ2v) is 6.78. The molecule has 0 radical (unpaired) electrons. The van der Waals surface area contributed by atoms with Crippen LogP contribution in [0.2, 0.25) is 0 Å². The fourth-order valence-electron chi connectivity index (χ4n) is 2.35. The van der Waals surface area contributed by atoms with E-state index in [9.17, 15) is 14.0 Å². The summed E-state index contributed by atoms with van der Waals surface area (Å²) in [7, 11) is 0. The number of hydrogen-bond acceptors (Lipinski definition) is 4. The van der Waals surface area contributed by atoms with E-state index in [1.54, 1.807) is 18.2 Å². The Morgan fingerprint density at radius 2 is 1.96 bits per heavy atom. The molecule has 128 valence electrons. The van der Waals surface area contributed by atoms with Crippen molar-refractivity contribution >= 4 is 39.0 Å². The molecule has 0 unspecified atom stereocenters. The van der Waals surface area contributed by atoms with E-state index in [2.05, 4.69) is 5.32 Å². The first kappa shape index (κ1) is 17.1. The number of rotatable bonds is 4. The molecule has 2 aromatic carbocycles. The normalized spacial score (nSPS) is 12.0. The number of aryl methyl sites for hydroxylation is 1.